The molecular weight excluding hydrogens is 322 g/mol. The summed E-state index contributed by atoms with van der Waals surface area (Å²) in [7, 11) is 0. The van der Waals surface area contributed by atoms with Crippen LogP contribution in [0.2, 0.25) is 0 Å². The van der Waals surface area contributed by atoms with E-state index in [1.807, 2.05) is 35.4 Å². The number of carbonyl (C=O) groups excluding carboxylic acids is 1. The van der Waals surface area contributed by atoms with Crippen LogP contribution >= 0.6 is 0 Å². The lowest BCUT2D eigenvalue weighted by Crippen LogP contribution is -2.29. The summed E-state index contributed by atoms with van der Waals surface area (Å²) < 4.78 is 0. The molecule has 1 aliphatic rings. The minimum Gasteiger partial charge on any atom is -0.361 e. The third kappa shape index (κ3) is 2.49. The molecule has 0 spiro atoms. The van der Waals surface area contributed by atoms with Gasteiger partial charge in [0, 0.05) is 53.2 Å². The van der Waals surface area contributed by atoms with E-state index in [0.29, 0.717) is 12.3 Å². The van der Waals surface area contributed by atoms with Gasteiger partial charge in [0.1, 0.15) is 0 Å². The molecule has 4 heteroatoms. The second-order valence-corrected chi connectivity index (χ2v) is 7.15. The highest BCUT2D eigenvalue weighted by Gasteiger charge is 2.29. The van der Waals surface area contributed by atoms with E-state index in [1.165, 1.54) is 16.5 Å². The maximum absolute atomic E-state index is 12.8. The molecule has 2 N–H and O–H groups in total. The molecule has 5 rings (SSSR count). The number of nitrogens with one attached hydrogen (secondary N) is 2. The zero-order chi connectivity index (χ0) is 17.5. The van der Waals surface area contributed by atoms with Gasteiger partial charge in [0.25, 0.3) is 0 Å². The number of nitrogens with zero attached hydrogens (tertiary/aromatic N) is 1. The molecule has 1 saturated heterocycles. The van der Waals surface area contributed by atoms with Gasteiger partial charge in [-0.1, -0.05) is 36.4 Å². The van der Waals surface area contributed by atoms with E-state index < -0.39 is 0 Å². The van der Waals surface area contributed by atoms with Gasteiger partial charge < -0.3 is 14.9 Å². The summed E-state index contributed by atoms with van der Waals surface area (Å²) in [6, 6.07) is 16.6. The van der Waals surface area contributed by atoms with Gasteiger partial charge in [0.15, 0.2) is 0 Å². The molecule has 130 valence electrons. The van der Waals surface area contributed by atoms with E-state index >= 15 is 0 Å². The van der Waals surface area contributed by atoms with Gasteiger partial charge in [-0.25, -0.2) is 0 Å². The van der Waals surface area contributed by atoms with E-state index in [-0.39, 0.29) is 5.91 Å². The first kappa shape index (κ1) is 15.3. The lowest BCUT2D eigenvalue weighted by Gasteiger charge is -2.16. The normalized spacial score (nSPS) is 17.4. The Morgan fingerprint density at radius 1 is 0.962 bits per heavy atom. The molecule has 4 aromatic rings. The number of hydrogen-bond donors (Lipinski definition) is 2. The molecule has 1 fully saturated rings. The largest absolute Gasteiger partial charge is 0.361 e. The van der Waals surface area contributed by atoms with Gasteiger partial charge in [-0.3, -0.25) is 4.79 Å². The molecule has 0 radical (unpaired) electrons. The Balaban J connectivity index is 1.33. The SMILES string of the molecule is O=C(Cc1c[nH]c2ccccc12)N1CCC(c2c[nH]c3ccccc23)C1. The van der Waals surface area contributed by atoms with E-state index in [9.17, 15) is 4.79 Å². The standard InChI is InChI=1S/C22H21N3O/c26-22(11-16-12-23-20-7-3-1-5-17(16)20)25-10-9-15(14-25)19-13-24-21-8-4-2-6-18(19)21/h1-8,12-13,15,23-24H,9-11,14H2. The average Bonchev–Trinajstić information content (AvgIpc) is 3.40. The number of fused-ring (bicyclic) bond motifs is 2. The molecule has 0 aliphatic carbocycles. The Kier molecular flexibility index (Phi) is 3.56. The number of amides is 1. The van der Waals surface area contributed by atoms with Crippen LogP contribution in [0.1, 0.15) is 23.5 Å². The predicted molar refractivity (Wildman–Crippen MR) is 104 cm³/mol. The molecule has 0 bridgehead atoms. The Hall–Kier alpha value is -3.01. The van der Waals surface area contributed by atoms with E-state index in [2.05, 4.69) is 40.4 Å². The summed E-state index contributed by atoms with van der Waals surface area (Å²) in [5.41, 5.74) is 4.68. The van der Waals surface area contributed by atoms with Crippen molar-refractivity contribution in [2.24, 2.45) is 0 Å². The van der Waals surface area contributed by atoms with Crippen molar-refractivity contribution in [3.8, 4) is 0 Å². The molecule has 1 aliphatic heterocycles. The van der Waals surface area contributed by atoms with Crippen molar-refractivity contribution in [2.45, 2.75) is 18.8 Å². The molecular formula is C22H21N3O. The van der Waals surface area contributed by atoms with Crippen molar-refractivity contribution in [3.05, 3.63) is 72.1 Å². The van der Waals surface area contributed by atoms with Crippen LogP contribution < -0.4 is 0 Å². The number of aromatic amines is 2. The first-order valence-electron chi connectivity index (χ1n) is 9.18. The minimum atomic E-state index is 0.220. The van der Waals surface area contributed by atoms with Crippen LogP contribution in [0.3, 0.4) is 0 Å². The molecule has 0 saturated carbocycles. The Labute approximate surface area is 151 Å². The highest BCUT2D eigenvalue weighted by atomic mass is 16.2. The van der Waals surface area contributed by atoms with Crippen LogP contribution in [0, 0.1) is 0 Å². The molecule has 2 aromatic heterocycles. The first-order valence-corrected chi connectivity index (χ1v) is 9.18. The van der Waals surface area contributed by atoms with Crippen molar-refractivity contribution in [2.75, 3.05) is 13.1 Å². The van der Waals surface area contributed by atoms with Crippen LogP contribution in [0.25, 0.3) is 21.8 Å². The average molecular weight is 343 g/mol. The quantitative estimate of drug-likeness (QED) is 0.575. The molecule has 1 unspecified atom stereocenters. The Morgan fingerprint density at radius 2 is 1.65 bits per heavy atom. The smallest absolute Gasteiger partial charge is 0.227 e. The minimum absolute atomic E-state index is 0.220. The summed E-state index contributed by atoms with van der Waals surface area (Å²) in [5, 5.41) is 2.43. The van der Waals surface area contributed by atoms with Crippen molar-refractivity contribution < 1.29 is 4.79 Å². The van der Waals surface area contributed by atoms with E-state index in [4.69, 9.17) is 0 Å². The maximum Gasteiger partial charge on any atom is 0.227 e. The van der Waals surface area contributed by atoms with Crippen molar-refractivity contribution in [1.29, 1.82) is 0 Å². The summed E-state index contributed by atoms with van der Waals surface area (Å²) in [5.74, 6) is 0.634. The third-order valence-electron chi connectivity index (χ3n) is 5.62. The number of benzene rings is 2. The molecule has 2 aromatic carbocycles. The van der Waals surface area contributed by atoms with Gasteiger partial charge in [-0.15, -0.1) is 0 Å². The van der Waals surface area contributed by atoms with Crippen LogP contribution in [-0.2, 0) is 11.2 Å². The number of carbonyl (C=O) groups is 1. The molecule has 4 nitrogen and oxygen atoms in total. The van der Waals surface area contributed by atoms with Gasteiger partial charge in [-0.05, 0) is 29.7 Å². The zero-order valence-electron chi connectivity index (χ0n) is 14.5. The van der Waals surface area contributed by atoms with Gasteiger partial charge in [0.2, 0.25) is 5.91 Å². The monoisotopic (exact) mass is 343 g/mol. The predicted octanol–water partition coefficient (Wildman–Crippen LogP) is 4.21. The number of H-pyrrole nitrogens is 2. The van der Waals surface area contributed by atoms with Crippen molar-refractivity contribution in [1.82, 2.24) is 14.9 Å². The van der Waals surface area contributed by atoms with Crippen molar-refractivity contribution in [3.63, 3.8) is 0 Å². The summed E-state index contributed by atoms with van der Waals surface area (Å²) in [6.07, 6.45) is 5.57. The summed E-state index contributed by atoms with van der Waals surface area (Å²) in [6.45, 7) is 1.65. The number of hydrogen-bond acceptors (Lipinski definition) is 1. The lowest BCUT2D eigenvalue weighted by atomic mass is 9.98. The molecule has 1 atom stereocenters. The Bertz CT molecular complexity index is 1090. The van der Waals surface area contributed by atoms with Gasteiger partial charge in [0.05, 0.1) is 6.42 Å². The topological polar surface area (TPSA) is 51.9 Å². The van der Waals surface area contributed by atoms with Crippen LogP contribution in [0.4, 0.5) is 0 Å². The van der Waals surface area contributed by atoms with E-state index in [1.54, 1.807) is 0 Å². The second-order valence-electron chi connectivity index (χ2n) is 7.15. The molecule has 26 heavy (non-hydrogen) atoms. The zero-order valence-corrected chi connectivity index (χ0v) is 14.5. The van der Waals surface area contributed by atoms with E-state index in [0.717, 1.165) is 36.0 Å². The van der Waals surface area contributed by atoms with Crippen molar-refractivity contribution >= 4 is 27.7 Å². The highest BCUT2D eigenvalue weighted by Crippen LogP contribution is 2.32. The number of rotatable bonds is 3. The van der Waals surface area contributed by atoms with Crippen LogP contribution in [0.5, 0.6) is 0 Å². The summed E-state index contributed by atoms with van der Waals surface area (Å²) >= 11 is 0. The fourth-order valence-electron chi connectivity index (χ4n) is 4.22. The first-order chi connectivity index (χ1) is 12.8. The number of aromatic nitrogens is 2. The molecule has 1 amide bonds. The lowest BCUT2D eigenvalue weighted by molar-refractivity contribution is -0.129. The fourth-order valence-corrected chi connectivity index (χ4v) is 4.22. The molecule has 3 heterocycles. The summed E-state index contributed by atoms with van der Waals surface area (Å²) in [4.78, 5) is 21.5. The van der Waals surface area contributed by atoms with Gasteiger partial charge >= 0.3 is 0 Å². The fraction of sp³-hybridized carbons (Fsp3) is 0.227. The Morgan fingerprint density at radius 3 is 2.50 bits per heavy atom. The number of para-hydroxylation sites is 2. The second kappa shape index (κ2) is 6.06. The third-order valence-corrected chi connectivity index (χ3v) is 5.62. The number of likely N-dealkylation sites (tertiary alicyclic amines) is 1. The highest BCUT2D eigenvalue weighted by molar-refractivity contribution is 5.89. The van der Waals surface area contributed by atoms with Gasteiger partial charge in [-0.2, -0.15) is 0 Å². The van der Waals surface area contributed by atoms with Crippen LogP contribution in [0.15, 0.2) is 60.9 Å². The van der Waals surface area contributed by atoms with Crippen LogP contribution in [-0.4, -0.2) is 33.9 Å². The maximum atomic E-state index is 12.8.